The van der Waals surface area contributed by atoms with Crippen LogP contribution in [0.25, 0.3) is 22.3 Å². The van der Waals surface area contributed by atoms with Gasteiger partial charge in [0.05, 0.1) is 11.2 Å². The van der Waals surface area contributed by atoms with Crippen molar-refractivity contribution in [3.05, 3.63) is 82.9 Å². The first kappa shape index (κ1) is 32.1. The number of rotatable bonds is 6. The Hall–Kier alpha value is -4.29. The predicted octanol–water partition coefficient (Wildman–Crippen LogP) is 7.14. The smallest absolute Gasteiger partial charge is 0.407 e. The summed E-state index contributed by atoms with van der Waals surface area (Å²) in [6.45, 7) is 8.73. The first-order valence-electron chi connectivity index (χ1n) is 15.3. The third kappa shape index (κ3) is 7.34. The Morgan fingerprint density at radius 2 is 1.60 bits per heavy atom. The van der Waals surface area contributed by atoms with E-state index in [0.29, 0.717) is 40.7 Å². The van der Waals surface area contributed by atoms with Gasteiger partial charge in [-0.2, -0.15) is 5.26 Å². The monoisotopic (exact) mass is 615 g/mol. The summed E-state index contributed by atoms with van der Waals surface area (Å²) < 4.78 is 35.8. The molecule has 2 amide bonds. The molecule has 0 spiro atoms. The van der Waals surface area contributed by atoms with Crippen molar-refractivity contribution in [2.24, 2.45) is 0 Å². The summed E-state index contributed by atoms with van der Waals surface area (Å²) >= 11 is 0. The molecule has 0 saturated carbocycles. The van der Waals surface area contributed by atoms with Crippen LogP contribution in [0.2, 0.25) is 0 Å². The third-order valence-corrected chi connectivity index (χ3v) is 8.32. The first-order chi connectivity index (χ1) is 21.1. The van der Waals surface area contributed by atoms with E-state index in [1.54, 1.807) is 50.2 Å². The molecule has 2 fully saturated rings. The zero-order valence-corrected chi connectivity index (χ0v) is 26.3. The van der Waals surface area contributed by atoms with E-state index in [4.69, 9.17) is 4.74 Å². The maximum atomic E-state index is 15.6. The van der Waals surface area contributed by atoms with E-state index in [-0.39, 0.29) is 41.6 Å². The summed E-state index contributed by atoms with van der Waals surface area (Å²) in [5.74, 6) is -1.40. The zero-order valence-electron chi connectivity index (χ0n) is 26.3. The van der Waals surface area contributed by atoms with E-state index in [2.05, 4.69) is 5.32 Å². The zero-order chi connectivity index (χ0) is 32.7. The molecule has 3 aromatic carbocycles. The minimum absolute atomic E-state index is 0.0626. The van der Waals surface area contributed by atoms with Crippen LogP contribution in [-0.4, -0.2) is 51.3 Å². The number of aliphatic hydroxyl groups is 1. The topological polar surface area (TPSA) is 103 Å². The lowest BCUT2D eigenvalue weighted by Crippen LogP contribution is -2.53. The second-order valence-electron chi connectivity index (χ2n) is 13.8. The quantitative estimate of drug-likeness (QED) is 0.307. The molecular formula is C36H39F2N3O4. The summed E-state index contributed by atoms with van der Waals surface area (Å²) in [6, 6.07) is 15.5. The molecule has 7 nitrogen and oxygen atoms in total. The van der Waals surface area contributed by atoms with E-state index in [1.807, 2.05) is 31.7 Å². The number of ether oxygens (including phenoxy) is 1. The van der Waals surface area contributed by atoms with E-state index >= 15 is 4.39 Å². The average molecular weight is 616 g/mol. The summed E-state index contributed by atoms with van der Waals surface area (Å²) in [4.78, 5) is 28.3. The number of hydrogen-bond donors (Lipinski definition) is 2. The highest BCUT2D eigenvalue weighted by atomic mass is 19.1. The number of fused-ring (bicyclic) bond motifs is 2. The van der Waals surface area contributed by atoms with Gasteiger partial charge in [-0.05, 0) is 113 Å². The van der Waals surface area contributed by atoms with Crippen molar-refractivity contribution in [3.8, 4) is 28.3 Å². The molecule has 0 radical (unpaired) electrons. The number of alkyl carbamates (subject to hydrolysis) is 1. The van der Waals surface area contributed by atoms with Crippen molar-refractivity contribution in [2.75, 3.05) is 0 Å². The van der Waals surface area contributed by atoms with Crippen LogP contribution in [0.15, 0.2) is 54.6 Å². The standard InChI is InChI=1S/C36H39F2N3O4/c1-35(2,3)45-34(43)40-25-17-26-10-11-27(18-25)41(26)33(42)23-9-13-28(29-12-6-21(14-32(29)38)19-36(4,5)44)30(15-23)22-7-8-24(20-39)31(37)16-22/h6-9,12-16,25-27,44H,10-11,17-19H2,1-5H3,(H,40,43). The van der Waals surface area contributed by atoms with Crippen LogP contribution in [0.5, 0.6) is 0 Å². The number of nitriles is 1. The molecule has 2 unspecified atom stereocenters. The van der Waals surface area contributed by atoms with Crippen LogP contribution in [0.4, 0.5) is 13.6 Å². The van der Waals surface area contributed by atoms with Crippen molar-refractivity contribution in [2.45, 2.75) is 96.1 Å². The van der Waals surface area contributed by atoms with Gasteiger partial charge in [0, 0.05) is 35.7 Å². The molecule has 2 saturated heterocycles. The Morgan fingerprint density at radius 1 is 0.933 bits per heavy atom. The molecule has 2 bridgehead atoms. The van der Waals surface area contributed by atoms with Gasteiger partial charge in [0.2, 0.25) is 0 Å². The van der Waals surface area contributed by atoms with Gasteiger partial charge >= 0.3 is 6.09 Å². The molecule has 236 valence electrons. The van der Waals surface area contributed by atoms with Crippen LogP contribution in [0.3, 0.4) is 0 Å². The Labute approximate surface area is 262 Å². The maximum Gasteiger partial charge on any atom is 0.407 e. The SMILES string of the molecule is CC(C)(O)Cc1ccc(-c2ccc(C(=O)N3C4CCC3CC(NC(=O)OC(C)(C)C)C4)cc2-c2ccc(C#N)c(F)c2)c(F)c1. The van der Waals surface area contributed by atoms with Crippen LogP contribution in [0, 0.1) is 23.0 Å². The second kappa shape index (κ2) is 12.2. The van der Waals surface area contributed by atoms with Crippen LogP contribution >= 0.6 is 0 Å². The number of piperidine rings is 1. The average Bonchev–Trinajstić information content (AvgIpc) is 3.20. The fourth-order valence-corrected chi connectivity index (χ4v) is 6.56. The summed E-state index contributed by atoms with van der Waals surface area (Å²) in [5.41, 5.74) is 0.854. The highest BCUT2D eigenvalue weighted by Crippen LogP contribution is 2.40. The Balaban J connectivity index is 1.47. The van der Waals surface area contributed by atoms with Crippen molar-refractivity contribution >= 4 is 12.0 Å². The minimum Gasteiger partial charge on any atom is -0.444 e. The maximum absolute atomic E-state index is 15.6. The largest absolute Gasteiger partial charge is 0.444 e. The lowest BCUT2D eigenvalue weighted by Gasteiger charge is -2.39. The molecule has 0 aromatic heterocycles. The molecule has 3 aromatic rings. The van der Waals surface area contributed by atoms with Crippen LogP contribution in [0.1, 0.15) is 81.8 Å². The van der Waals surface area contributed by atoms with Crippen molar-refractivity contribution in [1.82, 2.24) is 10.2 Å². The predicted molar refractivity (Wildman–Crippen MR) is 167 cm³/mol. The number of amides is 2. The number of benzene rings is 3. The number of carbonyl (C=O) groups excluding carboxylic acids is 2. The minimum atomic E-state index is -1.01. The fraction of sp³-hybridized carbons (Fsp3) is 0.417. The molecule has 2 heterocycles. The summed E-state index contributed by atoms with van der Waals surface area (Å²) in [7, 11) is 0. The fourth-order valence-electron chi connectivity index (χ4n) is 6.56. The Kier molecular flexibility index (Phi) is 8.74. The van der Waals surface area contributed by atoms with Crippen molar-refractivity contribution in [3.63, 3.8) is 0 Å². The molecule has 9 heteroatoms. The van der Waals surface area contributed by atoms with Crippen molar-refractivity contribution in [1.29, 1.82) is 5.26 Å². The molecule has 2 N–H and O–H groups in total. The molecule has 2 aliphatic rings. The van der Waals surface area contributed by atoms with Gasteiger partial charge in [-0.1, -0.05) is 24.3 Å². The lowest BCUT2D eigenvalue weighted by atomic mass is 9.89. The number of hydrogen-bond acceptors (Lipinski definition) is 5. The molecule has 45 heavy (non-hydrogen) atoms. The summed E-state index contributed by atoms with van der Waals surface area (Å²) in [5, 5.41) is 22.4. The van der Waals surface area contributed by atoms with E-state index < -0.39 is 28.9 Å². The molecule has 5 rings (SSSR count). The Morgan fingerprint density at radius 3 is 2.18 bits per heavy atom. The van der Waals surface area contributed by atoms with Gasteiger partial charge in [-0.15, -0.1) is 0 Å². The number of nitrogens with zero attached hydrogens (tertiary/aromatic N) is 2. The summed E-state index contributed by atoms with van der Waals surface area (Å²) in [6.07, 6.45) is 2.64. The van der Waals surface area contributed by atoms with Gasteiger partial charge in [0.1, 0.15) is 23.3 Å². The normalized spacial score (nSPS) is 19.6. The number of nitrogens with one attached hydrogen (secondary N) is 1. The molecule has 2 atom stereocenters. The first-order valence-corrected chi connectivity index (χ1v) is 15.3. The number of halogens is 2. The van der Waals surface area contributed by atoms with Gasteiger partial charge in [-0.25, -0.2) is 13.6 Å². The molecule has 2 aliphatic heterocycles. The third-order valence-electron chi connectivity index (χ3n) is 8.32. The van der Waals surface area contributed by atoms with Crippen molar-refractivity contribution < 1.29 is 28.2 Å². The lowest BCUT2D eigenvalue weighted by molar-refractivity contribution is 0.0418. The van der Waals surface area contributed by atoms with E-state index in [9.17, 15) is 24.3 Å². The van der Waals surface area contributed by atoms with Gasteiger partial charge in [0.25, 0.3) is 5.91 Å². The van der Waals surface area contributed by atoms with E-state index in [0.717, 1.165) is 12.8 Å². The molecular weight excluding hydrogens is 576 g/mol. The highest BCUT2D eigenvalue weighted by Gasteiger charge is 2.44. The van der Waals surface area contributed by atoms with Crippen LogP contribution in [-0.2, 0) is 11.2 Å². The second-order valence-corrected chi connectivity index (χ2v) is 13.8. The van der Waals surface area contributed by atoms with Gasteiger partial charge < -0.3 is 20.1 Å². The Bertz CT molecular complexity index is 1650. The van der Waals surface area contributed by atoms with Gasteiger partial charge in [0.15, 0.2) is 0 Å². The number of carbonyl (C=O) groups is 2. The highest BCUT2D eigenvalue weighted by molar-refractivity contribution is 5.98. The van der Waals surface area contributed by atoms with Crippen LogP contribution < -0.4 is 5.32 Å². The van der Waals surface area contributed by atoms with Gasteiger partial charge in [-0.3, -0.25) is 4.79 Å². The molecule has 0 aliphatic carbocycles. The van der Waals surface area contributed by atoms with E-state index in [1.165, 1.54) is 18.2 Å².